The Morgan fingerprint density at radius 1 is 1.55 bits per heavy atom. The molecule has 0 radical (unpaired) electrons. The van der Waals surface area contributed by atoms with Gasteiger partial charge in [0.05, 0.1) is 5.56 Å². The number of nitrogens with one attached hydrogen (secondary N) is 1. The monoisotopic (exact) mass is 161 g/mol. The maximum atomic E-state index is 11.9. The molecule has 0 amide bonds. The van der Waals surface area contributed by atoms with Crippen molar-refractivity contribution >= 4 is 0 Å². The summed E-state index contributed by atoms with van der Waals surface area (Å²) in [6.07, 6.45) is -1.98. The van der Waals surface area contributed by atoms with Crippen LogP contribution in [0.5, 0.6) is 5.75 Å². The highest BCUT2D eigenvalue weighted by atomic mass is 19.3. The second-order valence-electron chi connectivity index (χ2n) is 1.94. The van der Waals surface area contributed by atoms with E-state index in [0.29, 0.717) is 6.07 Å². The van der Waals surface area contributed by atoms with Gasteiger partial charge in [0.25, 0.3) is 6.43 Å². The second kappa shape index (κ2) is 2.69. The highest BCUT2D eigenvalue weighted by Gasteiger charge is 2.12. The molecule has 1 rings (SSSR count). The van der Waals surface area contributed by atoms with Gasteiger partial charge in [0.15, 0.2) is 0 Å². The fourth-order valence-electron chi connectivity index (χ4n) is 0.654. The molecule has 1 heterocycles. The van der Waals surface area contributed by atoms with Gasteiger partial charge in [-0.25, -0.2) is 8.78 Å². The minimum Gasteiger partial charge on any atom is -0.506 e. The SMILES string of the molecule is O=c1cc(C(F)F)c(O)c[nH]1. The fraction of sp³-hybridized carbons (Fsp3) is 0.167. The number of H-pyrrole nitrogens is 1. The van der Waals surface area contributed by atoms with Crippen LogP contribution in [-0.2, 0) is 0 Å². The van der Waals surface area contributed by atoms with Crippen LogP contribution in [0.15, 0.2) is 17.1 Å². The molecule has 0 aliphatic heterocycles. The number of aromatic nitrogens is 1. The van der Waals surface area contributed by atoms with Gasteiger partial charge >= 0.3 is 0 Å². The molecule has 0 bridgehead atoms. The van der Waals surface area contributed by atoms with E-state index in [1.807, 2.05) is 0 Å². The molecule has 0 spiro atoms. The quantitative estimate of drug-likeness (QED) is 0.646. The largest absolute Gasteiger partial charge is 0.506 e. The summed E-state index contributed by atoms with van der Waals surface area (Å²) in [5, 5.41) is 8.76. The Balaban J connectivity index is 3.23. The molecule has 11 heavy (non-hydrogen) atoms. The maximum absolute atomic E-state index is 11.9. The lowest BCUT2D eigenvalue weighted by Crippen LogP contribution is -2.04. The number of hydrogen-bond acceptors (Lipinski definition) is 2. The fourth-order valence-corrected chi connectivity index (χ4v) is 0.654. The minimum absolute atomic E-state index is 0.598. The van der Waals surface area contributed by atoms with E-state index in [-0.39, 0.29) is 0 Å². The van der Waals surface area contributed by atoms with Crippen LogP contribution >= 0.6 is 0 Å². The van der Waals surface area contributed by atoms with Crippen LogP contribution < -0.4 is 5.56 Å². The molecule has 0 aliphatic rings. The van der Waals surface area contributed by atoms with E-state index in [2.05, 4.69) is 4.98 Å². The first-order chi connectivity index (χ1) is 5.11. The molecule has 2 N–H and O–H groups in total. The summed E-state index contributed by atoms with van der Waals surface area (Å²) in [6, 6.07) is 0.667. The Labute approximate surface area is 60.3 Å². The molecule has 0 saturated carbocycles. The lowest BCUT2D eigenvalue weighted by molar-refractivity contribution is 0.147. The van der Waals surface area contributed by atoms with Gasteiger partial charge in [-0.3, -0.25) is 4.79 Å². The van der Waals surface area contributed by atoms with Gasteiger partial charge in [0.2, 0.25) is 5.56 Å². The molecule has 0 aromatic carbocycles. The Bertz CT molecular complexity index is 308. The Morgan fingerprint density at radius 2 is 2.18 bits per heavy atom. The Kier molecular flexibility index (Phi) is 1.89. The van der Waals surface area contributed by atoms with Crippen LogP contribution in [0.25, 0.3) is 0 Å². The maximum Gasteiger partial charge on any atom is 0.267 e. The van der Waals surface area contributed by atoms with Crippen LogP contribution in [0, 0.1) is 0 Å². The van der Waals surface area contributed by atoms with Crippen molar-refractivity contribution in [3.63, 3.8) is 0 Å². The van der Waals surface area contributed by atoms with Crippen LogP contribution in [-0.4, -0.2) is 10.1 Å². The zero-order valence-corrected chi connectivity index (χ0v) is 5.34. The normalized spacial score (nSPS) is 10.5. The summed E-state index contributed by atoms with van der Waals surface area (Å²) in [4.78, 5) is 12.5. The van der Waals surface area contributed by atoms with E-state index in [1.165, 1.54) is 0 Å². The summed E-state index contributed by atoms with van der Waals surface area (Å²) in [6.45, 7) is 0. The molecule has 0 aliphatic carbocycles. The molecular formula is C6H5F2NO2. The number of pyridine rings is 1. The van der Waals surface area contributed by atoms with Crippen molar-refractivity contribution in [2.75, 3.05) is 0 Å². The number of aromatic hydroxyl groups is 1. The van der Waals surface area contributed by atoms with Gasteiger partial charge < -0.3 is 10.1 Å². The van der Waals surface area contributed by atoms with Gasteiger partial charge in [0.1, 0.15) is 5.75 Å². The average Bonchev–Trinajstić information content (AvgIpc) is 1.94. The lowest BCUT2D eigenvalue weighted by Gasteiger charge is -1.99. The van der Waals surface area contributed by atoms with Crippen molar-refractivity contribution in [2.24, 2.45) is 0 Å². The van der Waals surface area contributed by atoms with Gasteiger partial charge in [-0.1, -0.05) is 0 Å². The number of alkyl halides is 2. The van der Waals surface area contributed by atoms with E-state index < -0.39 is 23.3 Å². The first-order valence-corrected chi connectivity index (χ1v) is 2.81. The van der Waals surface area contributed by atoms with Crippen molar-refractivity contribution in [3.8, 4) is 5.75 Å². The number of halogens is 2. The molecule has 3 nitrogen and oxygen atoms in total. The zero-order valence-electron chi connectivity index (χ0n) is 5.34. The highest BCUT2D eigenvalue weighted by molar-refractivity contribution is 5.28. The first-order valence-electron chi connectivity index (χ1n) is 2.81. The third-order valence-corrected chi connectivity index (χ3v) is 1.17. The van der Waals surface area contributed by atoms with Crippen molar-refractivity contribution in [1.82, 2.24) is 4.98 Å². The molecule has 5 heteroatoms. The minimum atomic E-state index is -2.82. The second-order valence-corrected chi connectivity index (χ2v) is 1.94. The summed E-state index contributed by atoms with van der Waals surface area (Å²) in [5.74, 6) is -0.598. The average molecular weight is 161 g/mol. The van der Waals surface area contributed by atoms with Crippen molar-refractivity contribution in [3.05, 3.63) is 28.2 Å². The topological polar surface area (TPSA) is 53.1 Å². The standard InChI is InChI=1S/C6H5F2NO2/c7-6(8)3-1-5(11)9-2-4(3)10/h1-2,6,10H,(H,9,11). The molecule has 1 aromatic heterocycles. The number of rotatable bonds is 1. The molecule has 0 atom stereocenters. The zero-order chi connectivity index (χ0) is 8.43. The van der Waals surface area contributed by atoms with Gasteiger partial charge in [-0.2, -0.15) is 0 Å². The summed E-state index contributed by atoms with van der Waals surface area (Å²) in [5.41, 5.74) is -1.30. The predicted molar refractivity (Wildman–Crippen MR) is 33.7 cm³/mol. The van der Waals surface area contributed by atoms with Crippen LogP contribution in [0.4, 0.5) is 8.78 Å². The van der Waals surface area contributed by atoms with E-state index in [1.54, 1.807) is 0 Å². The summed E-state index contributed by atoms with van der Waals surface area (Å²) in [7, 11) is 0. The van der Waals surface area contributed by atoms with E-state index in [4.69, 9.17) is 5.11 Å². The number of hydrogen-bond donors (Lipinski definition) is 2. The van der Waals surface area contributed by atoms with Crippen molar-refractivity contribution in [2.45, 2.75) is 6.43 Å². The third-order valence-electron chi connectivity index (χ3n) is 1.17. The Morgan fingerprint density at radius 3 is 2.64 bits per heavy atom. The summed E-state index contributed by atoms with van der Waals surface area (Å²) >= 11 is 0. The van der Waals surface area contributed by atoms with Crippen LogP contribution in [0.1, 0.15) is 12.0 Å². The first kappa shape index (κ1) is 7.71. The molecule has 60 valence electrons. The van der Waals surface area contributed by atoms with Gasteiger partial charge in [-0.05, 0) is 0 Å². The Hall–Kier alpha value is -1.39. The van der Waals surface area contributed by atoms with E-state index in [9.17, 15) is 13.6 Å². The van der Waals surface area contributed by atoms with E-state index in [0.717, 1.165) is 6.20 Å². The lowest BCUT2D eigenvalue weighted by atomic mass is 10.2. The predicted octanol–water partition coefficient (Wildman–Crippen LogP) is 1.02. The van der Waals surface area contributed by atoms with Crippen LogP contribution in [0.2, 0.25) is 0 Å². The molecule has 0 unspecified atom stereocenters. The number of aromatic amines is 1. The molecule has 1 aromatic rings. The van der Waals surface area contributed by atoms with E-state index >= 15 is 0 Å². The van der Waals surface area contributed by atoms with Crippen LogP contribution in [0.3, 0.4) is 0 Å². The molecule has 0 fully saturated rings. The van der Waals surface area contributed by atoms with Crippen molar-refractivity contribution < 1.29 is 13.9 Å². The smallest absolute Gasteiger partial charge is 0.267 e. The summed E-state index contributed by atoms with van der Waals surface area (Å²) < 4.78 is 23.8. The highest BCUT2D eigenvalue weighted by Crippen LogP contribution is 2.24. The van der Waals surface area contributed by atoms with Crippen molar-refractivity contribution in [1.29, 1.82) is 0 Å². The third kappa shape index (κ3) is 1.54. The van der Waals surface area contributed by atoms with Gasteiger partial charge in [0, 0.05) is 12.3 Å². The molecular weight excluding hydrogens is 156 g/mol. The molecule has 0 saturated heterocycles. The van der Waals surface area contributed by atoms with Gasteiger partial charge in [-0.15, -0.1) is 0 Å².